The lowest BCUT2D eigenvalue weighted by atomic mass is 9.95. The molecule has 0 aromatic rings. The second-order valence-corrected chi connectivity index (χ2v) is 3.61. The van der Waals surface area contributed by atoms with Crippen LogP contribution in [0.2, 0.25) is 0 Å². The van der Waals surface area contributed by atoms with Crippen LogP contribution in [0.5, 0.6) is 0 Å². The molecule has 0 aliphatic carbocycles. The van der Waals surface area contributed by atoms with E-state index >= 15 is 0 Å². The van der Waals surface area contributed by atoms with Gasteiger partial charge in [-0.15, -0.1) is 0 Å². The first-order chi connectivity index (χ1) is 6.08. The van der Waals surface area contributed by atoms with E-state index < -0.39 is 6.10 Å². The SMILES string of the molecule is CCC(C)(CCO)NCC(O)CO. The maximum atomic E-state index is 9.11. The van der Waals surface area contributed by atoms with Crippen LogP contribution in [0.25, 0.3) is 0 Å². The smallest absolute Gasteiger partial charge is 0.0895 e. The number of β-amino-alcohol motifs (C(OH)–C–C–N with tert-alkyl or cyclic N) is 1. The lowest BCUT2D eigenvalue weighted by Gasteiger charge is -2.30. The summed E-state index contributed by atoms with van der Waals surface area (Å²) in [5, 5.41) is 29.6. The van der Waals surface area contributed by atoms with Crippen molar-refractivity contribution in [2.24, 2.45) is 0 Å². The fourth-order valence-electron chi connectivity index (χ4n) is 1.07. The molecule has 0 saturated carbocycles. The summed E-state index contributed by atoms with van der Waals surface area (Å²) in [6, 6.07) is 0. The number of hydrogen-bond acceptors (Lipinski definition) is 4. The third-order valence-electron chi connectivity index (χ3n) is 2.42. The molecule has 0 spiro atoms. The molecule has 0 bridgehead atoms. The highest BCUT2D eigenvalue weighted by molar-refractivity contribution is 4.82. The third-order valence-corrected chi connectivity index (χ3v) is 2.42. The fourth-order valence-corrected chi connectivity index (χ4v) is 1.07. The van der Waals surface area contributed by atoms with E-state index in [4.69, 9.17) is 15.3 Å². The van der Waals surface area contributed by atoms with Crippen molar-refractivity contribution in [2.75, 3.05) is 19.8 Å². The van der Waals surface area contributed by atoms with Gasteiger partial charge in [0.1, 0.15) is 0 Å². The third kappa shape index (κ3) is 5.21. The summed E-state index contributed by atoms with van der Waals surface area (Å²) in [4.78, 5) is 0. The van der Waals surface area contributed by atoms with Gasteiger partial charge >= 0.3 is 0 Å². The van der Waals surface area contributed by atoms with Crippen molar-refractivity contribution in [1.29, 1.82) is 0 Å². The first-order valence-electron chi connectivity index (χ1n) is 4.72. The molecule has 0 fully saturated rings. The predicted octanol–water partition coefficient (Wildman–Crippen LogP) is -0.520. The van der Waals surface area contributed by atoms with Crippen LogP contribution in [0, 0.1) is 0 Å². The molecule has 0 rings (SSSR count). The standard InChI is InChI=1S/C9H21NO3/c1-3-9(2,4-5-11)10-6-8(13)7-12/h8,10-13H,3-7H2,1-2H3. The summed E-state index contributed by atoms with van der Waals surface area (Å²) in [6.07, 6.45) is 0.817. The highest BCUT2D eigenvalue weighted by atomic mass is 16.3. The van der Waals surface area contributed by atoms with Crippen molar-refractivity contribution in [3.8, 4) is 0 Å². The van der Waals surface area contributed by atoms with E-state index in [1.54, 1.807) is 0 Å². The largest absolute Gasteiger partial charge is 0.396 e. The number of nitrogens with one attached hydrogen (secondary N) is 1. The van der Waals surface area contributed by atoms with Gasteiger partial charge in [0, 0.05) is 18.7 Å². The predicted molar refractivity (Wildman–Crippen MR) is 51.5 cm³/mol. The van der Waals surface area contributed by atoms with Crippen LogP contribution in [-0.2, 0) is 0 Å². The van der Waals surface area contributed by atoms with Crippen molar-refractivity contribution < 1.29 is 15.3 Å². The minimum absolute atomic E-state index is 0.132. The molecule has 0 saturated heterocycles. The molecule has 0 radical (unpaired) electrons. The zero-order valence-electron chi connectivity index (χ0n) is 8.45. The van der Waals surface area contributed by atoms with Gasteiger partial charge in [-0.25, -0.2) is 0 Å². The monoisotopic (exact) mass is 191 g/mol. The lowest BCUT2D eigenvalue weighted by Crippen LogP contribution is -2.46. The molecular weight excluding hydrogens is 170 g/mol. The Hall–Kier alpha value is -0.160. The second-order valence-electron chi connectivity index (χ2n) is 3.61. The van der Waals surface area contributed by atoms with Crippen molar-refractivity contribution in [3.05, 3.63) is 0 Å². The molecule has 0 aromatic carbocycles. The first-order valence-corrected chi connectivity index (χ1v) is 4.72. The summed E-state index contributed by atoms with van der Waals surface area (Å²) in [6.45, 7) is 4.28. The minimum atomic E-state index is -0.718. The van der Waals surface area contributed by atoms with Crippen LogP contribution < -0.4 is 5.32 Å². The molecule has 80 valence electrons. The van der Waals surface area contributed by atoms with E-state index in [2.05, 4.69) is 5.32 Å². The molecule has 4 heteroatoms. The Labute approximate surface area is 79.6 Å². The van der Waals surface area contributed by atoms with Gasteiger partial charge in [-0.05, 0) is 19.8 Å². The topological polar surface area (TPSA) is 72.7 Å². The molecule has 2 atom stereocenters. The summed E-state index contributed by atoms with van der Waals surface area (Å²) in [5.74, 6) is 0. The number of rotatable bonds is 7. The summed E-state index contributed by atoms with van der Waals surface area (Å²) < 4.78 is 0. The van der Waals surface area contributed by atoms with E-state index in [0.717, 1.165) is 6.42 Å². The summed E-state index contributed by atoms with van der Waals surface area (Å²) in [7, 11) is 0. The number of aliphatic hydroxyl groups excluding tert-OH is 3. The summed E-state index contributed by atoms with van der Waals surface area (Å²) >= 11 is 0. The van der Waals surface area contributed by atoms with E-state index in [1.807, 2.05) is 13.8 Å². The minimum Gasteiger partial charge on any atom is -0.396 e. The average molecular weight is 191 g/mol. The maximum absolute atomic E-state index is 9.11. The van der Waals surface area contributed by atoms with Gasteiger partial charge in [-0.1, -0.05) is 6.92 Å². The highest BCUT2D eigenvalue weighted by Gasteiger charge is 2.21. The lowest BCUT2D eigenvalue weighted by molar-refractivity contribution is 0.0832. The van der Waals surface area contributed by atoms with E-state index in [1.165, 1.54) is 0 Å². The molecule has 4 N–H and O–H groups in total. The number of aliphatic hydroxyl groups is 3. The van der Waals surface area contributed by atoms with Crippen molar-refractivity contribution in [1.82, 2.24) is 5.32 Å². The van der Waals surface area contributed by atoms with Gasteiger partial charge in [0.15, 0.2) is 0 Å². The van der Waals surface area contributed by atoms with Crippen LogP contribution in [0.4, 0.5) is 0 Å². The fraction of sp³-hybridized carbons (Fsp3) is 1.00. The van der Waals surface area contributed by atoms with E-state index in [9.17, 15) is 0 Å². The highest BCUT2D eigenvalue weighted by Crippen LogP contribution is 2.13. The molecule has 0 aromatic heterocycles. The van der Waals surface area contributed by atoms with E-state index in [0.29, 0.717) is 13.0 Å². The Morgan fingerprint density at radius 2 is 2.00 bits per heavy atom. The Balaban J connectivity index is 3.82. The first kappa shape index (κ1) is 12.8. The van der Waals surface area contributed by atoms with Crippen molar-refractivity contribution in [2.45, 2.75) is 38.3 Å². The van der Waals surface area contributed by atoms with Crippen molar-refractivity contribution in [3.63, 3.8) is 0 Å². The Morgan fingerprint density at radius 1 is 1.38 bits per heavy atom. The van der Waals surface area contributed by atoms with Crippen LogP contribution in [0.1, 0.15) is 26.7 Å². The summed E-state index contributed by atoms with van der Waals surface area (Å²) in [5.41, 5.74) is -0.148. The molecule has 13 heavy (non-hydrogen) atoms. The Bertz CT molecular complexity index is 132. The zero-order chi connectivity index (χ0) is 10.3. The Kier molecular flexibility index (Phi) is 6.24. The zero-order valence-corrected chi connectivity index (χ0v) is 8.45. The average Bonchev–Trinajstić information content (AvgIpc) is 2.15. The van der Waals surface area contributed by atoms with Gasteiger partial charge in [-0.2, -0.15) is 0 Å². The van der Waals surface area contributed by atoms with Gasteiger partial charge in [-0.3, -0.25) is 0 Å². The second kappa shape index (κ2) is 6.32. The molecule has 0 aliphatic rings. The van der Waals surface area contributed by atoms with Gasteiger partial charge in [0.05, 0.1) is 12.7 Å². The quantitative estimate of drug-likeness (QED) is 0.437. The van der Waals surface area contributed by atoms with Gasteiger partial charge < -0.3 is 20.6 Å². The van der Waals surface area contributed by atoms with E-state index in [-0.39, 0.29) is 18.8 Å². The molecule has 4 nitrogen and oxygen atoms in total. The normalized spacial score (nSPS) is 18.2. The molecule has 0 heterocycles. The van der Waals surface area contributed by atoms with Crippen LogP contribution in [0.15, 0.2) is 0 Å². The van der Waals surface area contributed by atoms with Crippen LogP contribution in [0.3, 0.4) is 0 Å². The molecule has 0 aliphatic heterocycles. The Morgan fingerprint density at radius 3 is 2.38 bits per heavy atom. The number of hydrogen-bond donors (Lipinski definition) is 4. The van der Waals surface area contributed by atoms with Gasteiger partial charge in [0.2, 0.25) is 0 Å². The molecular formula is C9H21NO3. The van der Waals surface area contributed by atoms with Crippen LogP contribution >= 0.6 is 0 Å². The van der Waals surface area contributed by atoms with Crippen molar-refractivity contribution >= 4 is 0 Å². The van der Waals surface area contributed by atoms with Crippen LogP contribution in [-0.4, -0.2) is 46.7 Å². The molecule has 2 unspecified atom stereocenters. The molecule has 0 amide bonds. The maximum Gasteiger partial charge on any atom is 0.0895 e. The van der Waals surface area contributed by atoms with Gasteiger partial charge in [0.25, 0.3) is 0 Å².